The first kappa shape index (κ1) is 24.1. The van der Waals surface area contributed by atoms with Crippen LogP contribution in [0.4, 0.5) is 17.6 Å². The summed E-state index contributed by atoms with van der Waals surface area (Å²) in [7, 11) is 1.37. The van der Waals surface area contributed by atoms with Gasteiger partial charge >= 0.3 is 0 Å². The van der Waals surface area contributed by atoms with Crippen LogP contribution in [0.15, 0.2) is 59.9 Å². The molecule has 0 fully saturated rings. The summed E-state index contributed by atoms with van der Waals surface area (Å²) in [6, 6.07) is 10.4. The number of hydrogen-bond acceptors (Lipinski definition) is 5. The van der Waals surface area contributed by atoms with Crippen LogP contribution in [-0.2, 0) is 10.3 Å². The van der Waals surface area contributed by atoms with Gasteiger partial charge in [-0.1, -0.05) is 25.1 Å². The van der Waals surface area contributed by atoms with Crippen molar-refractivity contribution in [3.8, 4) is 11.1 Å². The van der Waals surface area contributed by atoms with Gasteiger partial charge in [-0.05, 0) is 35.4 Å². The number of halogens is 4. The number of guanidine groups is 1. The summed E-state index contributed by atoms with van der Waals surface area (Å²) in [5, 5.41) is 0. The largest absolute Gasteiger partial charge is 0.369 e. The molecule has 2 aromatic heterocycles. The molecule has 4 rings (SSSR count). The van der Waals surface area contributed by atoms with Gasteiger partial charge in [0.2, 0.25) is 12.2 Å². The molecule has 1 unspecified atom stereocenters. The summed E-state index contributed by atoms with van der Waals surface area (Å²) in [5.41, 5.74) is 4.41. The number of benzene rings is 1. The number of nitrogens with zero attached hydrogens (tertiary/aromatic N) is 4. The fraction of sp³-hybridized carbons (Fsp3) is 0.250. The zero-order valence-electron chi connectivity index (χ0n) is 18.8. The van der Waals surface area contributed by atoms with E-state index >= 15 is 0 Å². The molecule has 0 bridgehead atoms. The molecule has 0 spiro atoms. The fourth-order valence-corrected chi connectivity index (χ4v) is 4.10. The predicted molar refractivity (Wildman–Crippen MR) is 120 cm³/mol. The predicted octanol–water partition coefficient (Wildman–Crippen LogP) is 4.05. The second-order valence-corrected chi connectivity index (χ2v) is 7.97. The third-order valence-electron chi connectivity index (χ3n) is 5.94. The normalized spacial score (nSPS) is 18.8. The first-order valence-corrected chi connectivity index (χ1v) is 10.6. The van der Waals surface area contributed by atoms with Crippen molar-refractivity contribution >= 4 is 17.6 Å². The minimum atomic E-state index is -3.41. The van der Waals surface area contributed by atoms with E-state index in [0.29, 0.717) is 10.1 Å². The molecule has 3 heterocycles. The van der Waals surface area contributed by atoms with Crippen molar-refractivity contribution in [2.75, 3.05) is 7.05 Å². The number of aromatic nitrogens is 2. The van der Waals surface area contributed by atoms with Crippen LogP contribution in [0.5, 0.6) is 0 Å². The smallest absolute Gasteiger partial charge is 0.288 e. The van der Waals surface area contributed by atoms with Crippen LogP contribution < -0.4 is 5.73 Å². The van der Waals surface area contributed by atoms with Gasteiger partial charge in [0, 0.05) is 37.0 Å². The highest BCUT2D eigenvalue weighted by atomic mass is 19.3. The third-order valence-corrected chi connectivity index (χ3v) is 5.94. The van der Waals surface area contributed by atoms with Crippen molar-refractivity contribution in [2.24, 2.45) is 10.7 Å². The Labute approximate surface area is 197 Å². The molecule has 1 amide bonds. The highest BCUT2D eigenvalue weighted by molar-refractivity contribution is 6.09. The number of amides is 1. The van der Waals surface area contributed by atoms with Crippen LogP contribution in [0.3, 0.4) is 0 Å². The lowest BCUT2D eigenvalue weighted by atomic mass is 9.83. The van der Waals surface area contributed by atoms with Crippen molar-refractivity contribution in [3.05, 3.63) is 77.6 Å². The minimum absolute atomic E-state index is 0.0290. The molecule has 0 aliphatic carbocycles. The van der Waals surface area contributed by atoms with Crippen molar-refractivity contribution in [1.29, 1.82) is 0 Å². The molecule has 35 heavy (non-hydrogen) atoms. The lowest BCUT2D eigenvalue weighted by Gasteiger charge is -2.25. The van der Waals surface area contributed by atoms with Gasteiger partial charge in [-0.2, -0.15) is 4.39 Å². The van der Waals surface area contributed by atoms with E-state index in [1.54, 1.807) is 18.2 Å². The van der Waals surface area contributed by atoms with Gasteiger partial charge in [0.1, 0.15) is 0 Å². The van der Waals surface area contributed by atoms with Gasteiger partial charge in [-0.3, -0.25) is 14.5 Å². The summed E-state index contributed by atoms with van der Waals surface area (Å²) in [6.45, 7) is 1.50. The molecule has 1 aliphatic heterocycles. The van der Waals surface area contributed by atoms with Crippen molar-refractivity contribution < 1.29 is 27.2 Å². The molecule has 2 N–H and O–H groups in total. The number of likely N-dealkylation sites (N-methyl/N-ethyl adjacent to an activating group) is 1. The van der Waals surface area contributed by atoms with Crippen LogP contribution in [0.1, 0.15) is 41.3 Å². The van der Waals surface area contributed by atoms with E-state index in [2.05, 4.69) is 9.98 Å². The average Bonchev–Trinajstić information content (AvgIpc) is 3.39. The number of Topliss-reactive ketones (excluding diaryl/α,β-unsaturated/α-hetero) is 1. The van der Waals surface area contributed by atoms with Crippen LogP contribution >= 0.6 is 0 Å². The van der Waals surface area contributed by atoms with Crippen molar-refractivity contribution in [2.45, 2.75) is 31.6 Å². The molecule has 11 heteroatoms. The zero-order chi connectivity index (χ0) is 25.5. The van der Waals surface area contributed by atoms with Gasteiger partial charge in [-0.15, -0.1) is 0 Å². The van der Waals surface area contributed by atoms with E-state index < -0.39 is 35.9 Å². The molecule has 0 saturated heterocycles. The Morgan fingerprint density at radius 1 is 1.14 bits per heavy atom. The van der Waals surface area contributed by atoms with Crippen LogP contribution in [0.25, 0.3) is 11.1 Å². The lowest BCUT2D eigenvalue weighted by Crippen LogP contribution is -2.41. The number of carbonyl (C=O) groups is 2. The number of hydrogen-bond donors (Lipinski definition) is 1. The number of ketones is 1. The number of alkyl halides is 3. The molecule has 0 radical (unpaired) electrons. The quantitative estimate of drug-likeness (QED) is 0.309. The SMILES string of the molecule is CCC(=O)c1cc([C@]2(c3cccc(-c4cccnc4F)c3)N=C(N)N(C)C2=O)cn1C(F)C(F)F. The van der Waals surface area contributed by atoms with E-state index in [4.69, 9.17) is 5.73 Å². The molecular formula is C24H21F4N5O2. The number of pyridine rings is 1. The van der Waals surface area contributed by atoms with E-state index in [1.807, 2.05) is 0 Å². The van der Waals surface area contributed by atoms with E-state index in [-0.39, 0.29) is 34.8 Å². The topological polar surface area (TPSA) is 93.6 Å². The monoisotopic (exact) mass is 487 g/mol. The van der Waals surface area contributed by atoms with Gasteiger partial charge in [0.05, 0.1) is 5.69 Å². The molecule has 0 saturated carbocycles. The minimum Gasteiger partial charge on any atom is -0.369 e. The second-order valence-electron chi connectivity index (χ2n) is 7.97. The molecule has 7 nitrogen and oxygen atoms in total. The number of carbonyl (C=O) groups excluding carboxylic acids is 2. The maximum absolute atomic E-state index is 14.5. The molecule has 2 atom stereocenters. The van der Waals surface area contributed by atoms with E-state index in [1.165, 1.54) is 44.4 Å². The lowest BCUT2D eigenvalue weighted by molar-refractivity contribution is -0.129. The van der Waals surface area contributed by atoms with Gasteiger partial charge < -0.3 is 10.3 Å². The number of nitrogens with two attached hydrogens (primary N) is 1. The third kappa shape index (κ3) is 3.86. The highest BCUT2D eigenvalue weighted by Crippen LogP contribution is 2.42. The van der Waals surface area contributed by atoms with Crippen molar-refractivity contribution in [3.63, 3.8) is 0 Å². The highest BCUT2D eigenvalue weighted by Gasteiger charge is 2.51. The van der Waals surface area contributed by atoms with Crippen LogP contribution in [-0.4, -0.2) is 45.6 Å². The maximum atomic E-state index is 14.5. The Morgan fingerprint density at radius 3 is 2.49 bits per heavy atom. The summed E-state index contributed by atoms with van der Waals surface area (Å²) < 4.78 is 55.9. The Morgan fingerprint density at radius 2 is 1.89 bits per heavy atom. The molecule has 3 aromatic rings. The van der Waals surface area contributed by atoms with Gasteiger partial charge in [0.15, 0.2) is 17.3 Å². The van der Waals surface area contributed by atoms with Crippen LogP contribution in [0.2, 0.25) is 0 Å². The van der Waals surface area contributed by atoms with Gasteiger partial charge in [0.25, 0.3) is 12.3 Å². The second kappa shape index (κ2) is 8.97. The first-order chi connectivity index (χ1) is 16.6. The summed E-state index contributed by atoms with van der Waals surface area (Å²) in [4.78, 5) is 35.1. The Kier molecular flexibility index (Phi) is 6.18. The van der Waals surface area contributed by atoms with Crippen molar-refractivity contribution in [1.82, 2.24) is 14.5 Å². The zero-order valence-corrected chi connectivity index (χ0v) is 18.8. The number of aliphatic imine (C=N–C) groups is 1. The molecule has 182 valence electrons. The summed E-state index contributed by atoms with van der Waals surface area (Å²) in [5.74, 6) is -2.17. The van der Waals surface area contributed by atoms with E-state index in [9.17, 15) is 27.2 Å². The Bertz CT molecular complexity index is 1340. The average molecular weight is 487 g/mol. The molecular weight excluding hydrogens is 466 g/mol. The Balaban J connectivity index is 1.98. The Hall–Kier alpha value is -4.02. The molecule has 1 aromatic carbocycles. The number of rotatable bonds is 7. The van der Waals surface area contributed by atoms with Crippen LogP contribution in [0, 0.1) is 5.95 Å². The van der Waals surface area contributed by atoms with E-state index in [0.717, 1.165) is 11.1 Å². The van der Waals surface area contributed by atoms with Gasteiger partial charge in [-0.25, -0.2) is 23.1 Å². The summed E-state index contributed by atoms with van der Waals surface area (Å²) in [6.07, 6.45) is -4.05. The first-order valence-electron chi connectivity index (χ1n) is 10.6. The standard InChI is InChI=1S/C24H21F4N5O2/c1-3-18(34)17-11-15(12-33(17)21(28)19(25)26)24(22(35)32(2)23(29)31-24)14-7-4-6-13(10-14)16-8-5-9-30-20(16)27/h4-12,19,21H,3H2,1-2H3,(H2,29,31)/t21?,24-/m0/s1. The maximum Gasteiger partial charge on any atom is 0.288 e. The molecule has 1 aliphatic rings. The summed E-state index contributed by atoms with van der Waals surface area (Å²) >= 11 is 0. The fourth-order valence-electron chi connectivity index (χ4n) is 4.10.